The zero-order chi connectivity index (χ0) is 13.8. The highest BCUT2D eigenvalue weighted by molar-refractivity contribution is 5.87. The lowest BCUT2D eigenvalue weighted by atomic mass is 10.1. The lowest BCUT2D eigenvalue weighted by Crippen LogP contribution is -2.22. The number of aromatic amines is 1. The van der Waals surface area contributed by atoms with E-state index in [2.05, 4.69) is 58.5 Å². The van der Waals surface area contributed by atoms with Crippen LogP contribution in [0.2, 0.25) is 0 Å². The largest absolute Gasteiger partial charge is 0.367 e. The van der Waals surface area contributed by atoms with Gasteiger partial charge in [0.15, 0.2) is 5.65 Å². The number of fused-ring (bicyclic) bond motifs is 1. The van der Waals surface area contributed by atoms with Crippen molar-refractivity contribution in [3.05, 3.63) is 6.20 Å². The molecule has 0 aromatic carbocycles. The fraction of sp³-hybridized carbons (Fsp3) is 0.615. The molecule has 0 aliphatic carbocycles. The van der Waals surface area contributed by atoms with E-state index >= 15 is 0 Å². The maximum absolute atomic E-state index is 4.54. The molecule has 2 aromatic rings. The summed E-state index contributed by atoms with van der Waals surface area (Å²) in [4.78, 5) is 8.94. The Bertz CT molecular complexity index is 533. The highest BCUT2D eigenvalue weighted by atomic mass is 15.2. The summed E-state index contributed by atoms with van der Waals surface area (Å²) in [7, 11) is 0. The van der Waals surface area contributed by atoms with Crippen molar-refractivity contribution in [1.82, 2.24) is 20.2 Å². The lowest BCUT2D eigenvalue weighted by molar-refractivity contribution is 0.559. The Kier molecular flexibility index (Phi) is 4.19. The molecule has 0 aliphatic rings. The van der Waals surface area contributed by atoms with Crippen LogP contribution in [-0.4, -0.2) is 32.8 Å². The number of H-pyrrole nitrogens is 1. The average Bonchev–Trinajstić information content (AvgIpc) is 2.84. The summed E-state index contributed by atoms with van der Waals surface area (Å²) in [6.45, 7) is 9.49. The van der Waals surface area contributed by atoms with Crippen LogP contribution in [0.1, 0.15) is 34.1 Å². The molecule has 0 spiro atoms. The smallest absolute Gasteiger partial charge is 0.226 e. The number of nitrogens with one attached hydrogen (secondary N) is 3. The molecule has 6 nitrogen and oxygen atoms in total. The van der Waals surface area contributed by atoms with Crippen molar-refractivity contribution in [2.75, 3.05) is 17.2 Å². The number of hydrogen-bond donors (Lipinski definition) is 3. The second-order valence-electron chi connectivity index (χ2n) is 5.13. The van der Waals surface area contributed by atoms with E-state index in [1.807, 2.05) is 0 Å². The third-order valence-electron chi connectivity index (χ3n) is 3.21. The first-order valence-corrected chi connectivity index (χ1v) is 6.83. The zero-order valence-electron chi connectivity index (χ0n) is 12.0. The van der Waals surface area contributed by atoms with Crippen LogP contribution in [-0.2, 0) is 0 Å². The maximum Gasteiger partial charge on any atom is 0.226 e. The summed E-state index contributed by atoms with van der Waals surface area (Å²) in [5.41, 5.74) is 0.757. The van der Waals surface area contributed by atoms with Crippen molar-refractivity contribution >= 4 is 22.8 Å². The van der Waals surface area contributed by atoms with Gasteiger partial charge in [0.1, 0.15) is 5.82 Å². The van der Waals surface area contributed by atoms with Crippen molar-refractivity contribution in [1.29, 1.82) is 0 Å². The molecule has 2 aromatic heterocycles. The summed E-state index contributed by atoms with van der Waals surface area (Å²) in [5.74, 6) is 2.00. The van der Waals surface area contributed by atoms with Gasteiger partial charge >= 0.3 is 0 Å². The van der Waals surface area contributed by atoms with Gasteiger partial charge in [0.05, 0.1) is 11.6 Å². The number of aromatic nitrogens is 4. The highest BCUT2D eigenvalue weighted by Gasteiger charge is 2.13. The molecule has 0 saturated carbocycles. The van der Waals surface area contributed by atoms with E-state index in [0.717, 1.165) is 29.8 Å². The molecule has 0 saturated heterocycles. The van der Waals surface area contributed by atoms with Crippen LogP contribution >= 0.6 is 0 Å². The van der Waals surface area contributed by atoms with Crippen LogP contribution in [0.5, 0.6) is 0 Å². The van der Waals surface area contributed by atoms with Gasteiger partial charge in [-0.2, -0.15) is 15.1 Å². The van der Waals surface area contributed by atoms with Crippen LogP contribution < -0.4 is 10.6 Å². The monoisotopic (exact) mass is 262 g/mol. The van der Waals surface area contributed by atoms with Gasteiger partial charge in [0, 0.05) is 12.6 Å². The van der Waals surface area contributed by atoms with Crippen LogP contribution in [0.25, 0.3) is 11.0 Å². The average molecular weight is 262 g/mol. The third-order valence-corrected chi connectivity index (χ3v) is 3.21. The number of nitrogens with zero attached hydrogens (tertiary/aromatic N) is 3. The fourth-order valence-corrected chi connectivity index (χ4v) is 1.64. The molecule has 0 bridgehead atoms. The summed E-state index contributed by atoms with van der Waals surface area (Å²) in [5, 5.41) is 14.5. The Morgan fingerprint density at radius 3 is 2.74 bits per heavy atom. The van der Waals surface area contributed by atoms with Gasteiger partial charge in [-0.1, -0.05) is 20.8 Å². The van der Waals surface area contributed by atoms with E-state index in [-0.39, 0.29) is 0 Å². The Labute approximate surface area is 113 Å². The molecule has 2 rings (SSSR count). The Hall–Kier alpha value is -1.85. The summed E-state index contributed by atoms with van der Waals surface area (Å²) < 4.78 is 0. The first-order chi connectivity index (χ1) is 9.11. The predicted octanol–water partition coefficient (Wildman–Crippen LogP) is 2.63. The fourth-order valence-electron chi connectivity index (χ4n) is 1.64. The highest BCUT2D eigenvalue weighted by Crippen LogP contribution is 2.21. The minimum absolute atomic E-state index is 0.340. The van der Waals surface area contributed by atoms with Gasteiger partial charge in [-0.3, -0.25) is 5.10 Å². The number of anilines is 2. The van der Waals surface area contributed by atoms with E-state index < -0.39 is 0 Å². The Morgan fingerprint density at radius 1 is 1.26 bits per heavy atom. The van der Waals surface area contributed by atoms with Crippen molar-refractivity contribution in [2.24, 2.45) is 5.92 Å². The van der Waals surface area contributed by atoms with Crippen molar-refractivity contribution in [3.63, 3.8) is 0 Å². The quantitative estimate of drug-likeness (QED) is 0.746. The molecule has 0 amide bonds. The molecule has 0 fully saturated rings. The number of rotatable bonds is 6. The van der Waals surface area contributed by atoms with Crippen LogP contribution in [0.4, 0.5) is 11.8 Å². The minimum Gasteiger partial charge on any atom is -0.367 e. The molecular weight excluding hydrogens is 240 g/mol. The normalized spacial score (nSPS) is 12.9. The SMILES string of the molecule is CCCNc1nc(NC(C)C(C)C)c2cn[nH]c2n1. The second-order valence-corrected chi connectivity index (χ2v) is 5.13. The molecule has 0 aliphatic heterocycles. The Balaban J connectivity index is 2.31. The van der Waals surface area contributed by atoms with Gasteiger partial charge in [-0.25, -0.2) is 0 Å². The first kappa shape index (κ1) is 13.6. The van der Waals surface area contributed by atoms with E-state index in [1.165, 1.54) is 0 Å². The summed E-state index contributed by atoms with van der Waals surface area (Å²) >= 11 is 0. The van der Waals surface area contributed by atoms with E-state index in [0.29, 0.717) is 17.9 Å². The third kappa shape index (κ3) is 3.13. The van der Waals surface area contributed by atoms with Crippen molar-refractivity contribution in [3.8, 4) is 0 Å². The van der Waals surface area contributed by atoms with E-state index in [4.69, 9.17) is 0 Å². The topological polar surface area (TPSA) is 78.5 Å². The number of hydrogen-bond acceptors (Lipinski definition) is 5. The molecule has 6 heteroatoms. The van der Waals surface area contributed by atoms with Crippen molar-refractivity contribution in [2.45, 2.75) is 40.2 Å². The zero-order valence-corrected chi connectivity index (χ0v) is 12.0. The van der Waals surface area contributed by atoms with Crippen LogP contribution in [0.15, 0.2) is 6.20 Å². The second kappa shape index (κ2) is 5.86. The van der Waals surface area contributed by atoms with Crippen LogP contribution in [0, 0.1) is 5.92 Å². The van der Waals surface area contributed by atoms with Crippen molar-refractivity contribution < 1.29 is 0 Å². The van der Waals surface area contributed by atoms with Gasteiger partial charge in [-0.05, 0) is 19.3 Å². The summed E-state index contributed by atoms with van der Waals surface area (Å²) in [6.07, 6.45) is 2.80. The molecular formula is C13H22N6. The molecule has 1 unspecified atom stereocenters. The molecule has 1 atom stereocenters. The minimum atomic E-state index is 0.340. The Morgan fingerprint density at radius 2 is 2.05 bits per heavy atom. The summed E-state index contributed by atoms with van der Waals surface area (Å²) in [6, 6.07) is 0.340. The lowest BCUT2D eigenvalue weighted by Gasteiger charge is -2.18. The van der Waals surface area contributed by atoms with Gasteiger partial charge < -0.3 is 10.6 Å². The molecule has 104 valence electrons. The molecule has 0 radical (unpaired) electrons. The molecule has 19 heavy (non-hydrogen) atoms. The van der Waals surface area contributed by atoms with E-state index in [1.54, 1.807) is 6.20 Å². The van der Waals surface area contributed by atoms with E-state index in [9.17, 15) is 0 Å². The van der Waals surface area contributed by atoms with Gasteiger partial charge in [0.25, 0.3) is 0 Å². The predicted molar refractivity (Wildman–Crippen MR) is 78.4 cm³/mol. The first-order valence-electron chi connectivity index (χ1n) is 6.83. The van der Waals surface area contributed by atoms with Crippen LogP contribution in [0.3, 0.4) is 0 Å². The van der Waals surface area contributed by atoms with Gasteiger partial charge in [-0.15, -0.1) is 0 Å². The van der Waals surface area contributed by atoms with Gasteiger partial charge in [0.2, 0.25) is 5.95 Å². The molecule has 3 N–H and O–H groups in total. The molecule has 2 heterocycles. The maximum atomic E-state index is 4.54. The standard InChI is InChI=1S/C13H22N6/c1-5-6-14-13-17-11(16-9(4)8(2)3)10-7-15-19-12(10)18-13/h7-9H,5-6H2,1-4H3,(H3,14,15,16,17,18,19).